The molecule has 1 atom stereocenters. The van der Waals surface area contributed by atoms with Crippen molar-refractivity contribution >= 4 is 40.1 Å². The molecule has 0 aliphatic heterocycles. The number of aromatic amines is 1. The molecule has 0 aliphatic rings. The molecular weight excluding hydrogens is 420 g/mol. The summed E-state index contributed by atoms with van der Waals surface area (Å²) in [5, 5.41) is 20.1. The highest BCUT2D eigenvalue weighted by Crippen LogP contribution is 2.27. The molecule has 0 radical (unpaired) electrons. The zero-order valence-electron chi connectivity index (χ0n) is 16.5. The number of H-pyrrole nitrogens is 1. The van der Waals surface area contributed by atoms with Gasteiger partial charge in [-0.3, -0.25) is 9.89 Å². The molecule has 6 N–H and O–H groups in total. The van der Waals surface area contributed by atoms with E-state index in [1.807, 2.05) is 13.0 Å². The summed E-state index contributed by atoms with van der Waals surface area (Å²) in [5.41, 5.74) is 12.3. The zero-order valence-corrected chi connectivity index (χ0v) is 17.3. The minimum atomic E-state index is -0.619. The minimum absolute atomic E-state index is 0.0318. The van der Waals surface area contributed by atoms with Crippen molar-refractivity contribution in [1.29, 1.82) is 5.26 Å². The molecule has 1 unspecified atom stereocenters. The number of rotatable bonds is 4. The van der Waals surface area contributed by atoms with Crippen molar-refractivity contribution in [2.45, 2.75) is 19.9 Å². The van der Waals surface area contributed by atoms with Crippen LogP contribution in [0.4, 0.5) is 17.6 Å². The van der Waals surface area contributed by atoms with E-state index in [1.165, 1.54) is 4.57 Å². The van der Waals surface area contributed by atoms with Gasteiger partial charge in [0, 0.05) is 12.3 Å². The Morgan fingerprint density at radius 1 is 1.26 bits per heavy atom. The van der Waals surface area contributed by atoms with E-state index in [2.05, 4.69) is 30.5 Å². The van der Waals surface area contributed by atoms with E-state index in [1.54, 1.807) is 31.3 Å². The third kappa shape index (κ3) is 3.38. The van der Waals surface area contributed by atoms with Crippen molar-refractivity contribution in [2.75, 3.05) is 16.8 Å². The van der Waals surface area contributed by atoms with Gasteiger partial charge in [-0.1, -0.05) is 17.7 Å². The summed E-state index contributed by atoms with van der Waals surface area (Å²) in [5.74, 6) is 0.625. The zero-order chi connectivity index (χ0) is 22.3. The number of anilines is 3. The first-order valence-corrected chi connectivity index (χ1v) is 9.51. The van der Waals surface area contributed by atoms with Gasteiger partial charge >= 0.3 is 0 Å². The number of halogens is 1. The Bertz CT molecular complexity index is 1400. The van der Waals surface area contributed by atoms with Gasteiger partial charge in [0.15, 0.2) is 11.6 Å². The first-order chi connectivity index (χ1) is 14.8. The maximum absolute atomic E-state index is 13.5. The molecule has 12 heteroatoms. The van der Waals surface area contributed by atoms with Crippen molar-refractivity contribution in [3.8, 4) is 11.9 Å². The highest BCUT2D eigenvalue weighted by atomic mass is 35.5. The predicted octanol–water partition coefficient (Wildman–Crippen LogP) is 2.07. The molecule has 0 aliphatic carbocycles. The Kier molecular flexibility index (Phi) is 4.92. The van der Waals surface area contributed by atoms with Crippen LogP contribution in [0.3, 0.4) is 0 Å². The molecule has 156 valence electrons. The van der Waals surface area contributed by atoms with Crippen molar-refractivity contribution in [3.05, 3.63) is 56.7 Å². The van der Waals surface area contributed by atoms with Crippen LogP contribution >= 0.6 is 11.6 Å². The smallest absolute Gasteiger partial charge is 0.267 e. The highest BCUT2D eigenvalue weighted by Gasteiger charge is 2.23. The lowest BCUT2D eigenvalue weighted by Gasteiger charge is -2.20. The fourth-order valence-corrected chi connectivity index (χ4v) is 3.50. The molecule has 3 heterocycles. The Labute approximate surface area is 180 Å². The van der Waals surface area contributed by atoms with E-state index in [4.69, 9.17) is 23.1 Å². The van der Waals surface area contributed by atoms with Crippen molar-refractivity contribution in [2.24, 2.45) is 0 Å². The number of aromatic nitrogens is 6. The monoisotopic (exact) mass is 436 g/mol. The van der Waals surface area contributed by atoms with E-state index in [-0.39, 0.29) is 28.7 Å². The van der Waals surface area contributed by atoms with E-state index >= 15 is 0 Å². The number of nitriles is 1. The number of nitrogens with zero attached hydrogens (tertiary/aromatic N) is 6. The lowest BCUT2D eigenvalue weighted by atomic mass is 10.1. The molecule has 0 fully saturated rings. The lowest BCUT2D eigenvalue weighted by molar-refractivity contribution is 0.719. The van der Waals surface area contributed by atoms with Gasteiger partial charge < -0.3 is 16.8 Å². The van der Waals surface area contributed by atoms with Crippen LogP contribution < -0.4 is 22.3 Å². The van der Waals surface area contributed by atoms with Gasteiger partial charge in [-0.05, 0) is 25.5 Å². The van der Waals surface area contributed by atoms with E-state index in [0.29, 0.717) is 27.6 Å². The van der Waals surface area contributed by atoms with Crippen LogP contribution in [-0.2, 0) is 0 Å². The van der Waals surface area contributed by atoms with Gasteiger partial charge in [0.2, 0.25) is 5.95 Å². The fraction of sp³-hybridized carbons (Fsp3) is 0.158. The fourth-order valence-electron chi connectivity index (χ4n) is 3.30. The normalized spacial score (nSPS) is 11.9. The van der Waals surface area contributed by atoms with E-state index in [0.717, 1.165) is 5.56 Å². The average molecular weight is 437 g/mol. The van der Waals surface area contributed by atoms with Crippen LogP contribution in [0.2, 0.25) is 5.02 Å². The summed E-state index contributed by atoms with van der Waals surface area (Å²) in [6.07, 6.45) is 1.60. The molecule has 0 spiro atoms. The van der Waals surface area contributed by atoms with Crippen LogP contribution in [0.15, 0.2) is 29.2 Å². The van der Waals surface area contributed by atoms with Gasteiger partial charge in [0.25, 0.3) is 5.56 Å². The van der Waals surface area contributed by atoms with Gasteiger partial charge in [0.1, 0.15) is 23.3 Å². The topological polar surface area (TPSA) is 177 Å². The third-order valence-electron chi connectivity index (χ3n) is 4.73. The summed E-state index contributed by atoms with van der Waals surface area (Å²) in [6, 6.07) is 6.42. The van der Waals surface area contributed by atoms with Gasteiger partial charge in [-0.15, -0.1) is 0 Å². The number of nitrogens with one attached hydrogen (secondary N) is 2. The summed E-state index contributed by atoms with van der Waals surface area (Å²) in [6.45, 7) is 3.56. The maximum Gasteiger partial charge on any atom is 0.267 e. The molecule has 0 amide bonds. The molecular formula is C19H17ClN10O. The van der Waals surface area contributed by atoms with Crippen molar-refractivity contribution < 1.29 is 0 Å². The standard InChI is InChI=1S/C19H17ClN10O/c1-8-3-4-11(20)14-13(8)18(31)30(12-5-6-24-29-12)17(26-14)9(2)25-16-10(7-21)15(22)27-19(23)28-16/h3-6,9H,1-2H3,(H,24,29)(H5,22,23,25,27,28). The lowest BCUT2D eigenvalue weighted by Crippen LogP contribution is -2.28. The summed E-state index contributed by atoms with van der Waals surface area (Å²) < 4.78 is 1.37. The second-order valence-electron chi connectivity index (χ2n) is 6.80. The SMILES string of the molecule is Cc1ccc(Cl)c2nc(C(C)Nc3nc(N)nc(N)c3C#N)n(-c3cc[nH]n3)c(=O)c12. The Morgan fingerprint density at radius 2 is 2.03 bits per heavy atom. The van der Waals surface area contributed by atoms with Crippen LogP contribution in [0.5, 0.6) is 0 Å². The number of fused-ring (bicyclic) bond motifs is 1. The molecule has 0 saturated heterocycles. The maximum atomic E-state index is 13.5. The second kappa shape index (κ2) is 7.58. The number of nitrogens with two attached hydrogens (primary N) is 2. The number of benzene rings is 1. The Hall–Kier alpha value is -4.17. The van der Waals surface area contributed by atoms with Crippen LogP contribution in [-0.4, -0.2) is 29.7 Å². The number of aryl methyl sites for hydroxylation is 1. The minimum Gasteiger partial charge on any atom is -0.382 e. The van der Waals surface area contributed by atoms with E-state index in [9.17, 15) is 10.1 Å². The predicted molar refractivity (Wildman–Crippen MR) is 117 cm³/mol. The Morgan fingerprint density at radius 3 is 2.71 bits per heavy atom. The first-order valence-electron chi connectivity index (χ1n) is 9.13. The van der Waals surface area contributed by atoms with Crippen LogP contribution in [0.25, 0.3) is 16.7 Å². The molecule has 31 heavy (non-hydrogen) atoms. The van der Waals surface area contributed by atoms with Crippen LogP contribution in [0, 0.1) is 18.3 Å². The first kappa shape index (κ1) is 20.1. The summed E-state index contributed by atoms with van der Waals surface area (Å²) in [7, 11) is 0. The van der Waals surface area contributed by atoms with Gasteiger partial charge in [-0.25, -0.2) is 9.55 Å². The Balaban J connectivity index is 1.96. The summed E-state index contributed by atoms with van der Waals surface area (Å²) in [4.78, 5) is 26.0. The number of hydrogen-bond donors (Lipinski definition) is 4. The average Bonchev–Trinajstić information content (AvgIpc) is 3.24. The molecule has 3 aromatic heterocycles. The molecule has 1 aromatic carbocycles. The van der Waals surface area contributed by atoms with E-state index < -0.39 is 6.04 Å². The molecule has 0 saturated carbocycles. The molecule has 0 bridgehead atoms. The van der Waals surface area contributed by atoms with Gasteiger partial charge in [-0.2, -0.15) is 20.3 Å². The molecule has 4 aromatic rings. The van der Waals surface area contributed by atoms with Crippen molar-refractivity contribution in [3.63, 3.8) is 0 Å². The summed E-state index contributed by atoms with van der Waals surface area (Å²) >= 11 is 6.35. The number of nitrogen functional groups attached to an aromatic ring is 2. The van der Waals surface area contributed by atoms with Crippen LogP contribution in [0.1, 0.15) is 29.9 Å². The number of hydrogen-bond acceptors (Lipinski definition) is 9. The quantitative estimate of drug-likeness (QED) is 0.372. The largest absolute Gasteiger partial charge is 0.382 e. The molecule has 11 nitrogen and oxygen atoms in total. The second-order valence-corrected chi connectivity index (χ2v) is 7.21. The molecule has 4 rings (SSSR count). The van der Waals surface area contributed by atoms with Gasteiger partial charge in [0.05, 0.1) is 22.0 Å². The third-order valence-corrected chi connectivity index (χ3v) is 5.04. The highest BCUT2D eigenvalue weighted by molar-refractivity contribution is 6.35. The van der Waals surface area contributed by atoms with Crippen molar-refractivity contribution in [1.82, 2.24) is 29.7 Å².